The van der Waals surface area contributed by atoms with Gasteiger partial charge in [-0.05, 0) is 14.0 Å². The van der Waals surface area contributed by atoms with Crippen LogP contribution in [-0.4, -0.2) is 24.8 Å². The smallest absolute Gasteiger partial charge is 0.0584 e. The summed E-state index contributed by atoms with van der Waals surface area (Å²) in [5.41, 5.74) is 0. The van der Waals surface area contributed by atoms with E-state index in [-0.39, 0.29) is 12.6 Å². The van der Waals surface area contributed by atoms with Crippen molar-refractivity contribution in [3.05, 3.63) is 6.92 Å². The van der Waals surface area contributed by atoms with Crippen LogP contribution in [0.4, 0.5) is 0 Å². The Kier molecular flexibility index (Phi) is 3.08. The first-order valence-electron chi connectivity index (χ1n) is 1.92. The zero-order valence-corrected chi connectivity index (χ0v) is 3.94. The van der Waals surface area contributed by atoms with E-state index in [4.69, 9.17) is 5.11 Å². The van der Waals surface area contributed by atoms with Crippen LogP contribution in [0.1, 0.15) is 0 Å². The molecular formula is C4H10NO. The van der Waals surface area contributed by atoms with Crippen molar-refractivity contribution in [1.29, 1.82) is 0 Å². The number of nitrogens with one attached hydrogen (secondary N) is 1. The van der Waals surface area contributed by atoms with Crippen LogP contribution in [0.2, 0.25) is 0 Å². The lowest BCUT2D eigenvalue weighted by molar-refractivity contribution is 0.269. The van der Waals surface area contributed by atoms with E-state index in [0.717, 1.165) is 0 Å². The molecule has 0 rings (SSSR count). The number of hydrogen-bond acceptors (Lipinski definition) is 2. The fourth-order valence-corrected chi connectivity index (χ4v) is 0.0913. The lowest BCUT2D eigenvalue weighted by Gasteiger charge is -2.01. The van der Waals surface area contributed by atoms with Crippen molar-refractivity contribution < 1.29 is 5.11 Å². The van der Waals surface area contributed by atoms with Gasteiger partial charge in [0.05, 0.1) is 6.61 Å². The third-order valence-corrected chi connectivity index (χ3v) is 0.629. The van der Waals surface area contributed by atoms with Gasteiger partial charge in [0.15, 0.2) is 0 Å². The van der Waals surface area contributed by atoms with Crippen LogP contribution in [-0.2, 0) is 0 Å². The van der Waals surface area contributed by atoms with Crippen molar-refractivity contribution in [3.63, 3.8) is 0 Å². The lowest BCUT2D eigenvalue weighted by atomic mass is 10.4. The van der Waals surface area contributed by atoms with E-state index in [1.165, 1.54) is 0 Å². The van der Waals surface area contributed by atoms with Gasteiger partial charge in [0, 0.05) is 6.04 Å². The van der Waals surface area contributed by atoms with E-state index in [1.54, 1.807) is 7.05 Å². The highest BCUT2D eigenvalue weighted by Crippen LogP contribution is 1.68. The van der Waals surface area contributed by atoms with Gasteiger partial charge in [0.25, 0.3) is 0 Å². The van der Waals surface area contributed by atoms with Crippen molar-refractivity contribution >= 4 is 0 Å². The van der Waals surface area contributed by atoms with Gasteiger partial charge in [0.1, 0.15) is 0 Å². The Morgan fingerprint density at radius 2 is 2.50 bits per heavy atom. The summed E-state index contributed by atoms with van der Waals surface area (Å²) >= 11 is 0. The Labute approximate surface area is 38.2 Å². The molecule has 2 heteroatoms. The molecule has 2 nitrogen and oxygen atoms in total. The molecule has 0 aromatic carbocycles. The normalized spacial score (nSPS) is 14.5. The second-order valence-corrected chi connectivity index (χ2v) is 1.17. The van der Waals surface area contributed by atoms with Crippen LogP contribution in [0.5, 0.6) is 0 Å². The highest BCUT2D eigenvalue weighted by molar-refractivity contribution is 4.62. The molecule has 0 aromatic heterocycles. The first kappa shape index (κ1) is 5.92. The summed E-state index contributed by atoms with van der Waals surface area (Å²) in [4.78, 5) is 0. The Balaban J connectivity index is 2.75. The maximum atomic E-state index is 8.21. The monoisotopic (exact) mass is 88.1 g/mol. The minimum absolute atomic E-state index is 0.00926. The predicted molar refractivity (Wildman–Crippen MR) is 25.3 cm³/mol. The molecule has 1 radical (unpaired) electrons. The summed E-state index contributed by atoms with van der Waals surface area (Å²) in [7, 11) is 1.76. The number of likely N-dealkylation sites (N-methyl/N-ethyl adjacent to an activating group) is 1. The van der Waals surface area contributed by atoms with Gasteiger partial charge in [-0.2, -0.15) is 0 Å². The van der Waals surface area contributed by atoms with Gasteiger partial charge in [-0.25, -0.2) is 0 Å². The average Bonchev–Trinajstić information content (AvgIpc) is 1.65. The molecule has 0 saturated heterocycles. The summed E-state index contributed by atoms with van der Waals surface area (Å²) in [5.74, 6) is 0. The summed E-state index contributed by atoms with van der Waals surface area (Å²) in [6, 6.07) is -0.00926. The van der Waals surface area contributed by atoms with Gasteiger partial charge >= 0.3 is 0 Å². The Bertz CT molecular complexity index is 26.7. The molecule has 0 aromatic rings. The molecule has 0 aliphatic heterocycles. The molecule has 0 spiro atoms. The Hall–Kier alpha value is -0.0800. The van der Waals surface area contributed by atoms with Crippen molar-refractivity contribution in [3.8, 4) is 0 Å². The second-order valence-electron chi connectivity index (χ2n) is 1.17. The molecular weight excluding hydrogens is 78.0 g/mol. The molecule has 37 valence electrons. The Morgan fingerprint density at radius 3 is 2.50 bits per heavy atom. The highest BCUT2D eigenvalue weighted by Gasteiger charge is 1.88. The van der Waals surface area contributed by atoms with E-state index in [2.05, 4.69) is 12.2 Å². The molecule has 1 unspecified atom stereocenters. The van der Waals surface area contributed by atoms with Gasteiger partial charge in [-0.15, -0.1) is 0 Å². The van der Waals surface area contributed by atoms with E-state index >= 15 is 0 Å². The van der Waals surface area contributed by atoms with E-state index < -0.39 is 0 Å². The van der Waals surface area contributed by atoms with Gasteiger partial charge in [-0.1, -0.05) is 0 Å². The predicted octanol–water partition coefficient (Wildman–Crippen LogP) is -0.599. The maximum Gasteiger partial charge on any atom is 0.0584 e. The molecule has 0 fully saturated rings. The number of rotatable bonds is 2. The van der Waals surface area contributed by atoms with Crippen LogP contribution >= 0.6 is 0 Å². The van der Waals surface area contributed by atoms with Crippen molar-refractivity contribution in [2.75, 3.05) is 13.7 Å². The van der Waals surface area contributed by atoms with Crippen LogP contribution in [0.15, 0.2) is 0 Å². The van der Waals surface area contributed by atoms with Gasteiger partial charge in [0.2, 0.25) is 0 Å². The molecule has 1 atom stereocenters. The largest absolute Gasteiger partial charge is 0.395 e. The van der Waals surface area contributed by atoms with E-state index in [0.29, 0.717) is 0 Å². The fraction of sp³-hybridized carbons (Fsp3) is 0.750. The summed E-state index contributed by atoms with van der Waals surface area (Å²) in [6.45, 7) is 3.62. The van der Waals surface area contributed by atoms with Crippen LogP contribution in [0.3, 0.4) is 0 Å². The second kappa shape index (κ2) is 3.12. The topological polar surface area (TPSA) is 32.3 Å². The number of aliphatic hydroxyl groups excluding tert-OH is 1. The molecule has 0 bridgehead atoms. The summed E-state index contributed by atoms with van der Waals surface area (Å²) in [5, 5.41) is 11.0. The quantitative estimate of drug-likeness (QED) is 0.472. The first-order valence-corrected chi connectivity index (χ1v) is 1.92. The fourth-order valence-electron chi connectivity index (χ4n) is 0.0913. The molecule has 0 aliphatic carbocycles. The highest BCUT2D eigenvalue weighted by atomic mass is 16.3. The zero-order chi connectivity index (χ0) is 4.99. The first-order chi connectivity index (χ1) is 2.81. The minimum Gasteiger partial charge on any atom is -0.395 e. The minimum atomic E-state index is -0.00926. The molecule has 0 saturated carbocycles. The molecule has 0 amide bonds. The molecule has 6 heavy (non-hydrogen) atoms. The standard InChI is InChI=1S/C4H10NO/c1-4(3-6)5-2/h4-6H,1,3H2,2H3. The van der Waals surface area contributed by atoms with Gasteiger partial charge < -0.3 is 10.4 Å². The Morgan fingerprint density at radius 1 is 2.00 bits per heavy atom. The number of aliphatic hydroxyl groups is 1. The summed E-state index contributed by atoms with van der Waals surface area (Å²) in [6.07, 6.45) is 0. The summed E-state index contributed by atoms with van der Waals surface area (Å²) < 4.78 is 0. The SMILES string of the molecule is [CH2]C(CO)NC. The van der Waals surface area contributed by atoms with Crippen LogP contribution in [0, 0.1) is 6.92 Å². The zero-order valence-electron chi connectivity index (χ0n) is 3.94. The lowest BCUT2D eigenvalue weighted by Crippen LogP contribution is -2.24. The maximum absolute atomic E-state index is 8.21. The molecule has 2 N–H and O–H groups in total. The van der Waals surface area contributed by atoms with Crippen molar-refractivity contribution in [1.82, 2.24) is 5.32 Å². The van der Waals surface area contributed by atoms with E-state index in [9.17, 15) is 0 Å². The third kappa shape index (κ3) is 2.18. The van der Waals surface area contributed by atoms with Gasteiger partial charge in [-0.3, -0.25) is 0 Å². The number of hydrogen-bond donors (Lipinski definition) is 2. The van der Waals surface area contributed by atoms with Crippen molar-refractivity contribution in [2.45, 2.75) is 6.04 Å². The molecule has 0 heterocycles. The molecule has 0 aliphatic rings. The third-order valence-electron chi connectivity index (χ3n) is 0.629. The van der Waals surface area contributed by atoms with Crippen LogP contribution < -0.4 is 5.32 Å². The van der Waals surface area contributed by atoms with Crippen LogP contribution in [0.25, 0.3) is 0 Å². The average molecular weight is 88.1 g/mol. The van der Waals surface area contributed by atoms with E-state index in [1.807, 2.05) is 0 Å². The van der Waals surface area contributed by atoms with Crippen molar-refractivity contribution in [2.24, 2.45) is 0 Å².